The van der Waals surface area contributed by atoms with Crippen LogP contribution in [0.1, 0.15) is 37.4 Å². The summed E-state index contributed by atoms with van der Waals surface area (Å²) in [6, 6.07) is 6.67. The largest absolute Gasteiger partial charge is 0.330 e. The van der Waals surface area contributed by atoms with Gasteiger partial charge in [0, 0.05) is 17.5 Å². The summed E-state index contributed by atoms with van der Waals surface area (Å²) in [5.74, 6) is 0.841. The van der Waals surface area contributed by atoms with Crippen LogP contribution in [0.3, 0.4) is 0 Å². The van der Waals surface area contributed by atoms with Crippen LogP contribution in [-0.2, 0) is 0 Å². The van der Waals surface area contributed by atoms with Gasteiger partial charge in [0.15, 0.2) is 0 Å². The zero-order chi connectivity index (χ0) is 13.9. The summed E-state index contributed by atoms with van der Waals surface area (Å²) in [5, 5.41) is 4.51. The molecule has 0 spiro atoms. The molecule has 2 aromatic heterocycles. The van der Waals surface area contributed by atoms with Crippen LogP contribution in [-0.4, -0.2) is 21.3 Å². The highest BCUT2D eigenvalue weighted by molar-refractivity contribution is 5.56. The van der Waals surface area contributed by atoms with Crippen molar-refractivity contribution in [2.45, 2.75) is 38.6 Å². The van der Waals surface area contributed by atoms with E-state index in [2.05, 4.69) is 21.0 Å². The Labute approximate surface area is 120 Å². The Balaban J connectivity index is 1.64. The van der Waals surface area contributed by atoms with Crippen molar-refractivity contribution in [1.82, 2.24) is 14.8 Å². The maximum absolute atomic E-state index is 5.56. The molecule has 0 saturated heterocycles. The van der Waals surface area contributed by atoms with E-state index in [1.807, 2.05) is 31.3 Å². The molecule has 4 nitrogen and oxygen atoms in total. The number of aryl methyl sites for hydroxylation is 1. The third kappa shape index (κ3) is 2.75. The molecule has 106 valence electrons. The standard InChI is InChI=1S/C16H22N4/c1-12-4-2-6-16(19-12)14-10-18-20(11-14)15-8-13(9-15)5-3-7-17/h2,4,6,10-11,13,15H,3,5,7-9,17H2,1H3. The van der Waals surface area contributed by atoms with E-state index in [9.17, 15) is 0 Å². The Morgan fingerprint density at radius 2 is 2.20 bits per heavy atom. The minimum atomic E-state index is 0.566. The highest BCUT2D eigenvalue weighted by Gasteiger charge is 2.30. The van der Waals surface area contributed by atoms with E-state index in [1.54, 1.807) is 0 Å². The number of nitrogens with two attached hydrogens (primary N) is 1. The van der Waals surface area contributed by atoms with Gasteiger partial charge in [0.25, 0.3) is 0 Å². The van der Waals surface area contributed by atoms with Crippen LogP contribution in [0.2, 0.25) is 0 Å². The van der Waals surface area contributed by atoms with E-state index < -0.39 is 0 Å². The van der Waals surface area contributed by atoms with Gasteiger partial charge < -0.3 is 5.73 Å². The molecule has 0 bridgehead atoms. The van der Waals surface area contributed by atoms with E-state index >= 15 is 0 Å². The molecule has 2 N–H and O–H groups in total. The van der Waals surface area contributed by atoms with E-state index in [4.69, 9.17) is 5.73 Å². The van der Waals surface area contributed by atoms with Gasteiger partial charge in [0.1, 0.15) is 0 Å². The molecule has 0 radical (unpaired) electrons. The number of aromatic nitrogens is 3. The van der Waals surface area contributed by atoms with Crippen molar-refractivity contribution >= 4 is 0 Å². The predicted molar refractivity (Wildman–Crippen MR) is 80.2 cm³/mol. The van der Waals surface area contributed by atoms with Gasteiger partial charge in [-0.1, -0.05) is 6.07 Å². The fourth-order valence-electron chi connectivity index (χ4n) is 2.93. The minimum Gasteiger partial charge on any atom is -0.330 e. The monoisotopic (exact) mass is 270 g/mol. The second-order valence-electron chi connectivity index (χ2n) is 5.80. The van der Waals surface area contributed by atoms with Gasteiger partial charge in [0.05, 0.1) is 17.9 Å². The van der Waals surface area contributed by atoms with E-state index in [1.165, 1.54) is 19.3 Å². The number of nitrogens with zero attached hydrogens (tertiary/aromatic N) is 3. The summed E-state index contributed by atoms with van der Waals surface area (Å²) < 4.78 is 2.11. The summed E-state index contributed by atoms with van der Waals surface area (Å²) >= 11 is 0. The topological polar surface area (TPSA) is 56.7 Å². The Hall–Kier alpha value is -1.68. The van der Waals surface area contributed by atoms with Crippen molar-refractivity contribution in [1.29, 1.82) is 0 Å². The van der Waals surface area contributed by atoms with E-state index in [0.29, 0.717) is 6.04 Å². The second-order valence-corrected chi connectivity index (χ2v) is 5.80. The molecule has 1 aliphatic rings. The fourth-order valence-corrected chi connectivity index (χ4v) is 2.93. The number of pyridine rings is 1. The third-order valence-electron chi connectivity index (χ3n) is 4.19. The number of rotatable bonds is 5. The third-order valence-corrected chi connectivity index (χ3v) is 4.19. The van der Waals surface area contributed by atoms with Crippen molar-refractivity contribution in [3.8, 4) is 11.3 Å². The minimum absolute atomic E-state index is 0.566. The molecule has 0 amide bonds. The van der Waals surface area contributed by atoms with Gasteiger partial charge in [0.2, 0.25) is 0 Å². The highest BCUT2D eigenvalue weighted by atomic mass is 15.3. The van der Waals surface area contributed by atoms with Crippen molar-refractivity contribution in [3.63, 3.8) is 0 Å². The maximum Gasteiger partial charge on any atom is 0.0736 e. The van der Waals surface area contributed by atoms with Gasteiger partial charge >= 0.3 is 0 Å². The lowest BCUT2D eigenvalue weighted by Gasteiger charge is -2.35. The Morgan fingerprint density at radius 3 is 2.95 bits per heavy atom. The maximum atomic E-state index is 5.56. The van der Waals surface area contributed by atoms with Crippen molar-refractivity contribution in [2.24, 2.45) is 11.7 Å². The second kappa shape index (κ2) is 5.75. The Kier molecular flexibility index (Phi) is 3.83. The molecule has 1 fully saturated rings. The molecular formula is C16H22N4. The first-order valence-corrected chi connectivity index (χ1v) is 7.44. The van der Waals surface area contributed by atoms with Gasteiger partial charge in [-0.3, -0.25) is 9.67 Å². The van der Waals surface area contributed by atoms with Crippen molar-refractivity contribution in [2.75, 3.05) is 6.54 Å². The molecule has 0 aliphatic heterocycles. The van der Waals surface area contributed by atoms with Crippen molar-refractivity contribution < 1.29 is 0 Å². The summed E-state index contributed by atoms with van der Waals surface area (Å²) in [4.78, 5) is 4.55. The lowest BCUT2D eigenvalue weighted by molar-refractivity contribution is 0.171. The fraction of sp³-hybridized carbons (Fsp3) is 0.500. The zero-order valence-electron chi connectivity index (χ0n) is 12.0. The van der Waals surface area contributed by atoms with Crippen LogP contribution >= 0.6 is 0 Å². The van der Waals surface area contributed by atoms with E-state index in [-0.39, 0.29) is 0 Å². The lowest BCUT2D eigenvalue weighted by Crippen LogP contribution is -2.27. The molecule has 20 heavy (non-hydrogen) atoms. The average Bonchev–Trinajstić information content (AvgIpc) is 2.86. The first-order valence-electron chi connectivity index (χ1n) is 7.44. The van der Waals surface area contributed by atoms with Crippen LogP contribution in [0, 0.1) is 12.8 Å². The average molecular weight is 270 g/mol. The first kappa shape index (κ1) is 13.3. The molecule has 2 aromatic rings. The summed E-state index contributed by atoms with van der Waals surface area (Å²) in [5.41, 5.74) is 8.72. The smallest absolute Gasteiger partial charge is 0.0736 e. The molecule has 4 heteroatoms. The number of hydrogen-bond donors (Lipinski definition) is 1. The molecule has 1 saturated carbocycles. The predicted octanol–water partition coefficient (Wildman–Crippen LogP) is 2.94. The Morgan fingerprint density at radius 1 is 1.35 bits per heavy atom. The molecule has 0 atom stereocenters. The van der Waals surface area contributed by atoms with Gasteiger partial charge in [-0.2, -0.15) is 5.10 Å². The van der Waals surface area contributed by atoms with Crippen LogP contribution < -0.4 is 5.73 Å². The summed E-state index contributed by atoms with van der Waals surface area (Å²) in [6.07, 6.45) is 8.95. The zero-order valence-corrected chi connectivity index (χ0v) is 12.0. The number of hydrogen-bond acceptors (Lipinski definition) is 3. The van der Waals surface area contributed by atoms with Crippen molar-refractivity contribution in [3.05, 3.63) is 36.3 Å². The summed E-state index contributed by atoms with van der Waals surface area (Å²) in [7, 11) is 0. The molecule has 3 rings (SSSR count). The molecule has 0 unspecified atom stereocenters. The van der Waals surface area contributed by atoms with Gasteiger partial charge in [-0.25, -0.2) is 0 Å². The van der Waals surface area contributed by atoms with Gasteiger partial charge in [-0.15, -0.1) is 0 Å². The highest BCUT2D eigenvalue weighted by Crippen LogP contribution is 2.40. The van der Waals surface area contributed by atoms with Gasteiger partial charge in [-0.05, 0) is 57.2 Å². The lowest BCUT2D eigenvalue weighted by atomic mass is 9.77. The van der Waals surface area contributed by atoms with Crippen LogP contribution in [0.5, 0.6) is 0 Å². The van der Waals surface area contributed by atoms with Crippen LogP contribution in [0.15, 0.2) is 30.6 Å². The van der Waals surface area contributed by atoms with Crippen LogP contribution in [0.4, 0.5) is 0 Å². The van der Waals surface area contributed by atoms with E-state index in [0.717, 1.165) is 35.8 Å². The first-order chi connectivity index (χ1) is 9.76. The summed E-state index contributed by atoms with van der Waals surface area (Å²) in [6.45, 7) is 2.83. The molecule has 2 heterocycles. The molecular weight excluding hydrogens is 248 g/mol. The SMILES string of the molecule is Cc1cccc(-c2cnn(C3CC(CCCN)C3)c2)n1. The van der Waals surface area contributed by atoms with Crippen LogP contribution in [0.25, 0.3) is 11.3 Å². The molecule has 0 aromatic carbocycles. The quantitative estimate of drug-likeness (QED) is 0.908. The normalized spacial score (nSPS) is 21.7. The Bertz CT molecular complexity index is 569. The molecule has 1 aliphatic carbocycles.